The molecule has 0 radical (unpaired) electrons. The molecule has 8 nitrogen and oxygen atoms in total. The summed E-state index contributed by atoms with van der Waals surface area (Å²) in [5, 5.41) is 0.901. The number of carbonyl (C=O) groups excluding carboxylic acids is 1. The Hall–Kier alpha value is -2.29. The molecule has 2 aliphatic rings. The molecule has 0 bridgehead atoms. The average Bonchev–Trinajstić information content (AvgIpc) is 2.79. The summed E-state index contributed by atoms with van der Waals surface area (Å²) in [5.74, 6) is 1.57. The van der Waals surface area contributed by atoms with Gasteiger partial charge in [-0.05, 0) is 25.6 Å². The molecular formula is C22H33N7O. The SMILES string of the molecule is CCN1CCN(C(=O)C(C)N2CCN(Cc3nc(N)c4ccccc4n3)CC2)CC1. The van der Waals surface area contributed by atoms with Gasteiger partial charge in [-0.3, -0.25) is 14.6 Å². The third kappa shape index (κ3) is 4.55. The van der Waals surface area contributed by atoms with Crippen molar-refractivity contribution in [2.75, 3.05) is 64.6 Å². The Labute approximate surface area is 178 Å². The molecule has 8 heteroatoms. The lowest BCUT2D eigenvalue weighted by molar-refractivity contribution is -0.138. The monoisotopic (exact) mass is 411 g/mol. The summed E-state index contributed by atoms with van der Waals surface area (Å²) in [6.45, 7) is 13.2. The Morgan fingerprint density at radius 1 is 1.00 bits per heavy atom. The van der Waals surface area contributed by atoms with E-state index < -0.39 is 0 Å². The van der Waals surface area contributed by atoms with E-state index in [0.29, 0.717) is 12.4 Å². The average molecular weight is 412 g/mol. The molecule has 1 amide bonds. The van der Waals surface area contributed by atoms with Crippen molar-refractivity contribution in [2.45, 2.75) is 26.4 Å². The van der Waals surface area contributed by atoms with E-state index in [4.69, 9.17) is 5.73 Å². The third-order valence-corrected chi connectivity index (χ3v) is 6.49. The van der Waals surface area contributed by atoms with Crippen molar-refractivity contribution in [3.63, 3.8) is 0 Å². The Bertz CT molecular complexity index is 873. The van der Waals surface area contributed by atoms with Gasteiger partial charge in [-0.2, -0.15) is 0 Å². The second-order valence-corrected chi connectivity index (χ2v) is 8.29. The van der Waals surface area contributed by atoms with Crippen molar-refractivity contribution >= 4 is 22.6 Å². The van der Waals surface area contributed by atoms with E-state index in [2.05, 4.69) is 38.5 Å². The Kier molecular flexibility index (Phi) is 6.46. The van der Waals surface area contributed by atoms with Gasteiger partial charge in [0.25, 0.3) is 0 Å². The Morgan fingerprint density at radius 2 is 1.67 bits per heavy atom. The molecule has 2 aromatic rings. The lowest BCUT2D eigenvalue weighted by atomic mass is 10.2. The van der Waals surface area contributed by atoms with Crippen LogP contribution >= 0.6 is 0 Å². The van der Waals surface area contributed by atoms with Gasteiger partial charge in [-0.25, -0.2) is 9.97 Å². The fourth-order valence-electron chi connectivity index (χ4n) is 4.44. The molecule has 0 spiro atoms. The first-order valence-electron chi connectivity index (χ1n) is 11.0. The molecular weight excluding hydrogens is 378 g/mol. The van der Waals surface area contributed by atoms with Crippen LogP contribution in [-0.4, -0.2) is 100 Å². The first-order valence-corrected chi connectivity index (χ1v) is 11.0. The number of benzene rings is 1. The number of likely N-dealkylation sites (N-methyl/N-ethyl adjacent to an activating group) is 1. The summed E-state index contributed by atoms with van der Waals surface area (Å²) in [5.41, 5.74) is 7.01. The summed E-state index contributed by atoms with van der Waals surface area (Å²) in [6.07, 6.45) is 0. The largest absolute Gasteiger partial charge is 0.383 e. The summed E-state index contributed by atoms with van der Waals surface area (Å²) in [6, 6.07) is 7.79. The Morgan fingerprint density at radius 3 is 2.37 bits per heavy atom. The highest BCUT2D eigenvalue weighted by atomic mass is 16.2. The maximum atomic E-state index is 12.9. The van der Waals surface area contributed by atoms with Crippen LogP contribution < -0.4 is 5.73 Å². The van der Waals surface area contributed by atoms with Gasteiger partial charge in [-0.1, -0.05) is 19.1 Å². The van der Waals surface area contributed by atoms with Crippen molar-refractivity contribution in [2.24, 2.45) is 0 Å². The minimum absolute atomic E-state index is 0.0621. The van der Waals surface area contributed by atoms with Crippen LogP contribution in [0.1, 0.15) is 19.7 Å². The molecule has 30 heavy (non-hydrogen) atoms. The maximum absolute atomic E-state index is 12.9. The molecule has 0 aliphatic carbocycles. The number of para-hydroxylation sites is 1. The molecule has 1 atom stereocenters. The lowest BCUT2D eigenvalue weighted by Crippen LogP contribution is -2.57. The van der Waals surface area contributed by atoms with E-state index in [0.717, 1.165) is 75.6 Å². The summed E-state index contributed by atoms with van der Waals surface area (Å²) >= 11 is 0. The number of rotatable bonds is 5. The Balaban J connectivity index is 1.30. The van der Waals surface area contributed by atoms with Crippen LogP contribution in [0.15, 0.2) is 24.3 Å². The number of anilines is 1. The number of aromatic nitrogens is 2. The second kappa shape index (κ2) is 9.24. The maximum Gasteiger partial charge on any atom is 0.239 e. The number of nitrogen functional groups attached to an aromatic ring is 1. The van der Waals surface area contributed by atoms with Gasteiger partial charge in [0.1, 0.15) is 11.6 Å². The highest BCUT2D eigenvalue weighted by Crippen LogP contribution is 2.18. The van der Waals surface area contributed by atoms with Crippen molar-refractivity contribution in [3.05, 3.63) is 30.1 Å². The normalized spacial score (nSPS) is 20.5. The van der Waals surface area contributed by atoms with E-state index in [-0.39, 0.29) is 11.9 Å². The number of carbonyl (C=O) groups is 1. The fraction of sp³-hybridized carbons (Fsp3) is 0.591. The number of fused-ring (bicyclic) bond motifs is 1. The van der Waals surface area contributed by atoms with Gasteiger partial charge in [-0.15, -0.1) is 0 Å². The van der Waals surface area contributed by atoms with Crippen LogP contribution in [0.4, 0.5) is 5.82 Å². The van der Waals surface area contributed by atoms with Crippen molar-refractivity contribution < 1.29 is 4.79 Å². The molecule has 2 N–H and O–H groups in total. The van der Waals surface area contributed by atoms with Gasteiger partial charge < -0.3 is 15.5 Å². The van der Waals surface area contributed by atoms with E-state index in [1.165, 1.54) is 0 Å². The van der Waals surface area contributed by atoms with Gasteiger partial charge in [0.15, 0.2) is 0 Å². The van der Waals surface area contributed by atoms with Crippen molar-refractivity contribution in [1.29, 1.82) is 0 Å². The summed E-state index contributed by atoms with van der Waals surface area (Å²) < 4.78 is 0. The fourth-order valence-corrected chi connectivity index (χ4v) is 4.44. The van der Waals surface area contributed by atoms with Crippen molar-refractivity contribution in [1.82, 2.24) is 29.6 Å². The topological polar surface area (TPSA) is 81.8 Å². The molecule has 3 heterocycles. The molecule has 162 valence electrons. The second-order valence-electron chi connectivity index (χ2n) is 8.29. The van der Waals surface area contributed by atoms with E-state index in [1.54, 1.807) is 0 Å². The molecule has 2 fully saturated rings. The molecule has 0 saturated carbocycles. The summed E-state index contributed by atoms with van der Waals surface area (Å²) in [4.78, 5) is 31.2. The zero-order chi connectivity index (χ0) is 21.1. The number of amides is 1. The molecule has 2 saturated heterocycles. The van der Waals surface area contributed by atoms with Crippen LogP contribution in [-0.2, 0) is 11.3 Å². The van der Waals surface area contributed by atoms with Gasteiger partial charge in [0.05, 0.1) is 18.1 Å². The smallest absolute Gasteiger partial charge is 0.239 e. The van der Waals surface area contributed by atoms with Crippen molar-refractivity contribution in [3.8, 4) is 0 Å². The zero-order valence-electron chi connectivity index (χ0n) is 18.1. The standard InChI is InChI=1S/C22H33N7O/c1-3-26-8-14-29(15-9-26)22(30)17(2)28-12-10-27(11-13-28)16-20-24-19-7-5-4-6-18(19)21(23)25-20/h4-7,17H,3,8-16H2,1-2H3,(H2,23,24,25). The van der Waals surface area contributed by atoms with Crippen LogP contribution in [0.5, 0.6) is 0 Å². The minimum atomic E-state index is -0.0621. The predicted octanol–water partition coefficient (Wildman–Crippen LogP) is 0.882. The minimum Gasteiger partial charge on any atom is -0.383 e. The first kappa shape index (κ1) is 21.0. The molecule has 1 aromatic heterocycles. The van der Waals surface area contributed by atoms with Gasteiger partial charge in [0.2, 0.25) is 5.91 Å². The van der Waals surface area contributed by atoms with E-state index in [9.17, 15) is 4.79 Å². The molecule has 2 aliphatic heterocycles. The molecule has 1 unspecified atom stereocenters. The number of hydrogen-bond donors (Lipinski definition) is 1. The molecule has 4 rings (SSSR count). The van der Waals surface area contributed by atoms with Gasteiger partial charge in [0, 0.05) is 57.7 Å². The highest BCUT2D eigenvalue weighted by molar-refractivity contribution is 5.87. The number of piperazine rings is 2. The van der Waals surface area contributed by atoms with Crippen LogP contribution in [0.25, 0.3) is 10.9 Å². The summed E-state index contributed by atoms with van der Waals surface area (Å²) in [7, 11) is 0. The number of nitrogens with two attached hydrogens (primary N) is 1. The van der Waals surface area contributed by atoms with Gasteiger partial charge >= 0.3 is 0 Å². The van der Waals surface area contributed by atoms with E-state index >= 15 is 0 Å². The quantitative estimate of drug-likeness (QED) is 0.782. The lowest BCUT2D eigenvalue weighted by Gasteiger charge is -2.40. The number of hydrogen-bond acceptors (Lipinski definition) is 7. The van der Waals surface area contributed by atoms with E-state index in [1.807, 2.05) is 29.2 Å². The highest BCUT2D eigenvalue weighted by Gasteiger charge is 2.30. The molecule has 1 aromatic carbocycles. The van der Waals surface area contributed by atoms with Crippen LogP contribution in [0.3, 0.4) is 0 Å². The first-order chi connectivity index (χ1) is 14.5. The number of nitrogens with zero attached hydrogens (tertiary/aromatic N) is 6. The zero-order valence-corrected chi connectivity index (χ0v) is 18.1. The van der Waals surface area contributed by atoms with Crippen LogP contribution in [0.2, 0.25) is 0 Å². The van der Waals surface area contributed by atoms with Crippen LogP contribution in [0, 0.1) is 0 Å². The predicted molar refractivity (Wildman–Crippen MR) is 119 cm³/mol. The third-order valence-electron chi connectivity index (χ3n) is 6.49.